The van der Waals surface area contributed by atoms with E-state index in [2.05, 4.69) is 10.3 Å². The highest BCUT2D eigenvalue weighted by atomic mass is 19.4. The second-order valence-electron chi connectivity index (χ2n) is 4.37. The van der Waals surface area contributed by atoms with Crippen LogP contribution in [0, 0.1) is 0 Å². The van der Waals surface area contributed by atoms with Gasteiger partial charge in [-0.05, 0) is 24.6 Å². The van der Waals surface area contributed by atoms with Crippen molar-refractivity contribution in [2.24, 2.45) is 0 Å². The Morgan fingerprint density at radius 3 is 2.74 bits per heavy atom. The Morgan fingerprint density at radius 1 is 1.26 bits per heavy atom. The van der Waals surface area contributed by atoms with E-state index in [1.807, 2.05) is 30.5 Å². The first-order chi connectivity index (χ1) is 8.98. The van der Waals surface area contributed by atoms with E-state index in [-0.39, 0.29) is 0 Å². The predicted octanol–water partition coefficient (Wildman–Crippen LogP) is 2.22. The molecule has 104 valence electrons. The summed E-state index contributed by atoms with van der Waals surface area (Å²) >= 11 is 0. The highest BCUT2D eigenvalue weighted by Gasteiger charge is 2.37. The number of nitrogens with one attached hydrogen (secondary N) is 2. The molecule has 0 saturated carbocycles. The summed E-state index contributed by atoms with van der Waals surface area (Å²) < 4.78 is 36.2. The standard InChI is InChI=1S/C13H15F3N2O/c14-13(15,16)12(19)8-17-6-5-9-7-18-11-4-2-1-3-10(9)11/h1-4,7,12,17-19H,5-6,8H2/t12-/m0/s1. The molecule has 19 heavy (non-hydrogen) atoms. The lowest BCUT2D eigenvalue weighted by atomic mass is 10.1. The molecule has 1 heterocycles. The second kappa shape index (κ2) is 5.63. The number of para-hydroxylation sites is 1. The summed E-state index contributed by atoms with van der Waals surface area (Å²) in [6.45, 7) is -0.0964. The van der Waals surface area contributed by atoms with Crippen LogP contribution in [0.25, 0.3) is 10.9 Å². The summed E-state index contributed by atoms with van der Waals surface area (Å²) in [5.74, 6) is 0. The van der Waals surface area contributed by atoms with Crippen molar-refractivity contribution in [3.05, 3.63) is 36.0 Å². The molecular formula is C13H15F3N2O. The number of H-pyrrole nitrogens is 1. The van der Waals surface area contributed by atoms with Crippen LogP contribution in [0.15, 0.2) is 30.5 Å². The minimum atomic E-state index is -4.56. The molecule has 0 spiro atoms. The second-order valence-corrected chi connectivity index (χ2v) is 4.37. The van der Waals surface area contributed by atoms with Crippen LogP contribution in [-0.2, 0) is 6.42 Å². The smallest absolute Gasteiger partial charge is 0.382 e. The number of benzene rings is 1. The number of fused-ring (bicyclic) bond motifs is 1. The van der Waals surface area contributed by atoms with Crippen LogP contribution in [0.1, 0.15) is 5.56 Å². The maximum Gasteiger partial charge on any atom is 0.415 e. The van der Waals surface area contributed by atoms with Crippen LogP contribution >= 0.6 is 0 Å². The van der Waals surface area contributed by atoms with Crippen LogP contribution in [0.4, 0.5) is 13.2 Å². The normalized spacial score (nSPS) is 13.9. The summed E-state index contributed by atoms with van der Waals surface area (Å²) in [6, 6.07) is 7.74. The fourth-order valence-electron chi connectivity index (χ4n) is 1.92. The molecule has 2 aromatic rings. The van der Waals surface area contributed by atoms with Crippen molar-refractivity contribution < 1.29 is 18.3 Å². The number of aliphatic hydroxyl groups is 1. The number of hydrogen-bond donors (Lipinski definition) is 3. The third-order valence-electron chi connectivity index (χ3n) is 2.96. The summed E-state index contributed by atoms with van der Waals surface area (Å²) in [5, 5.41) is 12.5. The SMILES string of the molecule is O[C@@H](CNCCc1c[nH]c2ccccc12)C(F)(F)F. The molecule has 3 N–H and O–H groups in total. The molecule has 3 nitrogen and oxygen atoms in total. The molecule has 0 aliphatic heterocycles. The van der Waals surface area contributed by atoms with Gasteiger partial charge in [-0.15, -0.1) is 0 Å². The first kappa shape index (κ1) is 13.9. The number of alkyl halides is 3. The van der Waals surface area contributed by atoms with Gasteiger partial charge in [0.05, 0.1) is 0 Å². The van der Waals surface area contributed by atoms with Gasteiger partial charge in [0.1, 0.15) is 0 Å². The van der Waals surface area contributed by atoms with E-state index in [0.717, 1.165) is 16.5 Å². The topological polar surface area (TPSA) is 48.0 Å². The van der Waals surface area contributed by atoms with Gasteiger partial charge in [0.15, 0.2) is 6.10 Å². The molecule has 0 aliphatic rings. The number of aromatic amines is 1. The molecule has 0 aliphatic carbocycles. The molecule has 0 unspecified atom stereocenters. The van der Waals surface area contributed by atoms with E-state index in [0.29, 0.717) is 13.0 Å². The molecule has 0 bridgehead atoms. The molecule has 6 heteroatoms. The van der Waals surface area contributed by atoms with Crippen LogP contribution in [-0.4, -0.2) is 35.5 Å². The fourth-order valence-corrected chi connectivity index (χ4v) is 1.92. The highest BCUT2D eigenvalue weighted by Crippen LogP contribution is 2.19. The van der Waals surface area contributed by atoms with Gasteiger partial charge in [-0.25, -0.2) is 0 Å². The number of aromatic nitrogens is 1. The van der Waals surface area contributed by atoms with Gasteiger partial charge in [-0.3, -0.25) is 0 Å². The van der Waals surface area contributed by atoms with Crippen LogP contribution in [0.5, 0.6) is 0 Å². The van der Waals surface area contributed by atoms with E-state index in [1.54, 1.807) is 0 Å². The van der Waals surface area contributed by atoms with E-state index >= 15 is 0 Å². The van der Waals surface area contributed by atoms with Crippen LogP contribution in [0.2, 0.25) is 0 Å². The van der Waals surface area contributed by atoms with Gasteiger partial charge in [0.25, 0.3) is 0 Å². The summed E-state index contributed by atoms with van der Waals surface area (Å²) in [4.78, 5) is 3.10. The quantitative estimate of drug-likeness (QED) is 0.731. The third kappa shape index (κ3) is 3.48. The minimum absolute atomic E-state index is 0.384. The molecule has 2 rings (SSSR count). The lowest BCUT2D eigenvalue weighted by Crippen LogP contribution is -2.38. The van der Waals surface area contributed by atoms with Gasteiger partial charge < -0.3 is 15.4 Å². The molecule has 1 aromatic heterocycles. The Kier molecular flexibility index (Phi) is 4.11. The number of rotatable bonds is 5. The molecule has 0 radical (unpaired) electrons. The van der Waals surface area contributed by atoms with Gasteiger partial charge in [0, 0.05) is 23.6 Å². The molecule has 1 aromatic carbocycles. The Labute approximate surface area is 108 Å². The number of aliphatic hydroxyl groups excluding tert-OH is 1. The van der Waals surface area contributed by atoms with Crippen molar-refractivity contribution in [2.75, 3.05) is 13.1 Å². The lowest BCUT2D eigenvalue weighted by molar-refractivity contribution is -0.201. The van der Waals surface area contributed by atoms with Gasteiger partial charge >= 0.3 is 6.18 Å². The van der Waals surface area contributed by atoms with Crippen LogP contribution < -0.4 is 5.32 Å². The molecule has 0 amide bonds. The molecular weight excluding hydrogens is 257 g/mol. The van der Waals surface area contributed by atoms with Crippen molar-refractivity contribution in [3.8, 4) is 0 Å². The first-order valence-electron chi connectivity index (χ1n) is 5.99. The van der Waals surface area contributed by atoms with Crippen molar-refractivity contribution in [1.29, 1.82) is 0 Å². The zero-order valence-corrected chi connectivity index (χ0v) is 10.2. The van der Waals surface area contributed by atoms with Crippen molar-refractivity contribution in [2.45, 2.75) is 18.7 Å². The minimum Gasteiger partial charge on any atom is -0.382 e. The van der Waals surface area contributed by atoms with Gasteiger partial charge in [-0.2, -0.15) is 13.2 Å². The Hall–Kier alpha value is -1.53. The number of halogens is 3. The van der Waals surface area contributed by atoms with Gasteiger partial charge in [0.2, 0.25) is 0 Å². The zero-order valence-electron chi connectivity index (χ0n) is 10.2. The maximum atomic E-state index is 12.1. The Balaban J connectivity index is 1.83. The van der Waals surface area contributed by atoms with E-state index in [1.165, 1.54) is 0 Å². The Bertz CT molecular complexity index is 536. The average molecular weight is 272 g/mol. The predicted molar refractivity (Wildman–Crippen MR) is 66.9 cm³/mol. The van der Waals surface area contributed by atoms with Crippen LogP contribution in [0.3, 0.4) is 0 Å². The largest absolute Gasteiger partial charge is 0.415 e. The average Bonchev–Trinajstić information content (AvgIpc) is 2.76. The summed E-state index contributed by atoms with van der Waals surface area (Å²) in [5.41, 5.74) is 2.05. The summed E-state index contributed by atoms with van der Waals surface area (Å²) in [7, 11) is 0. The molecule has 0 saturated heterocycles. The van der Waals surface area contributed by atoms with Crippen molar-refractivity contribution in [3.63, 3.8) is 0 Å². The lowest BCUT2D eigenvalue weighted by Gasteiger charge is -2.14. The molecule has 1 atom stereocenters. The van der Waals surface area contributed by atoms with E-state index in [9.17, 15) is 13.2 Å². The molecule has 0 fully saturated rings. The third-order valence-corrected chi connectivity index (χ3v) is 2.96. The van der Waals surface area contributed by atoms with Crippen molar-refractivity contribution in [1.82, 2.24) is 10.3 Å². The Morgan fingerprint density at radius 2 is 2.00 bits per heavy atom. The fraction of sp³-hybridized carbons (Fsp3) is 0.385. The summed E-state index contributed by atoms with van der Waals surface area (Å²) in [6.07, 6.45) is -4.41. The van der Waals surface area contributed by atoms with Gasteiger partial charge in [-0.1, -0.05) is 18.2 Å². The zero-order chi connectivity index (χ0) is 13.9. The monoisotopic (exact) mass is 272 g/mol. The van der Waals surface area contributed by atoms with E-state index in [4.69, 9.17) is 5.11 Å². The van der Waals surface area contributed by atoms with E-state index < -0.39 is 18.8 Å². The maximum absolute atomic E-state index is 12.1. The first-order valence-corrected chi connectivity index (χ1v) is 5.99. The number of hydrogen-bond acceptors (Lipinski definition) is 2. The van der Waals surface area contributed by atoms with Crippen molar-refractivity contribution >= 4 is 10.9 Å². The highest BCUT2D eigenvalue weighted by molar-refractivity contribution is 5.83.